The van der Waals surface area contributed by atoms with Gasteiger partial charge in [0.05, 0.1) is 0 Å². The maximum Gasteiger partial charge on any atom is 0.0469 e. The average Bonchev–Trinajstić information content (AvgIpc) is 1.65. The second-order valence-electron chi connectivity index (χ2n) is 1.80. The predicted octanol–water partition coefficient (Wildman–Crippen LogP) is 0.534. The Kier molecular flexibility index (Phi) is 2.77. The third kappa shape index (κ3) is 3.28. The molecule has 0 bridgehead atoms. The molecular formula is C6H12N2. The maximum absolute atomic E-state index is 5.38. The smallest absolute Gasteiger partial charge is 0.0469 e. The summed E-state index contributed by atoms with van der Waals surface area (Å²) in [6.45, 7) is 3.49. The molecule has 0 atom stereocenters. The molecule has 0 radical (unpaired) electrons. The minimum absolute atomic E-state index is 0.690. The zero-order valence-electron chi connectivity index (χ0n) is 5.39. The van der Waals surface area contributed by atoms with Gasteiger partial charge >= 0.3 is 0 Å². The summed E-state index contributed by atoms with van der Waals surface area (Å²) in [6.07, 6.45) is 3.41. The van der Waals surface area contributed by atoms with Crippen LogP contribution in [-0.2, 0) is 0 Å². The fourth-order valence-corrected chi connectivity index (χ4v) is 0.351. The van der Waals surface area contributed by atoms with Crippen molar-refractivity contribution in [2.75, 3.05) is 14.1 Å². The van der Waals surface area contributed by atoms with Gasteiger partial charge in [0, 0.05) is 26.0 Å². The number of hydrogen-bond acceptors (Lipinski definition) is 2. The molecular weight excluding hydrogens is 100 g/mol. The fraction of sp³-hybridized carbons (Fsp3) is 0.333. The largest absolute Gasteiger partial charge is 0.398 e. The monoisotopic (exact) mass is 112 g/mol. The van der Waals surface area contributed by atoms with Crippen molar-refractivity contribution in [3.63, 3.8) is 0 Å². The first-order chi connectivity index (χ1) is 3.66. The summed E-state index contributed by atoms with van der Waals surface area (Å²) in [5.74, 6) is 0. The van der Waals surface area contributed by atoms with Crippen LogP contribution in [0.1, 0.15) is 0 Å². The Hall–Kier alpha value is -0.920. The molecule has 0 saturated carbocycles. The lowest BCUT2D eigenvalue weighted by atomic mass is 10.5. The Morgan fingerprint density at radius 1 is 1.62 bits per heavy atom. The van der Waals surface area contributed by atoms with Gasteiger partial charge < -0.3 is 10.6 Å². The van der Waals surface area contributed by atoms with Crippen molar-refractivity contribution in [1.82, 2.24) is 4.90 Å². The Morgan fingerprint density at radius 2 is 2.12 bits per heavy atom. The van der Waals surface area contributed by atoms with Crippen LogP contribution in [0.25, 0.3) is 0 Å². The van der Waals surface area contributed by atoms with E-state index in [1.807, 2.05) is 19.0 Å². The van der Waals surface area contributed by atoms with Crippen molar-refractivity contribution in [2.24, 2.45) is 5.73 Å². The molecule has 46 valence electrons. The van der Waals surface area contributed by atoms with Crippen LogP contribution >= 0.6 is 0 Å². The number of nitrogens with zero attached hydrogens (tertiary/aromatic N) is 1. The second-order valence-corrected chi connectivity index (χ2v) is 1.80. The zero-order chi connectivity index (χ0) is 6.57. The third-order valence-electron chi connectivity index (χ3n) is 0.643. The summed E-state index contributed by atoms with van der Waals surface area (Å²) in [4.78, 5) is 1.87. The lowest BCUT2D eigenvalue weighted by Crippen LogP contribution is -2.05. The van der Waals surface area contributed by atoms with Gasteiger partial charge in [-0.15, -0.1) is 0 Å². The molecule has 0 saturated heterocycles. The van der Waals surface area contributed by atoms with Crippen molar-refractivity contribution < 1.29 is 0 Å². The van der Waals surface area contributed by atoms with E-state index in [4.69, 9.17) is 5.73 Å². The minimum Gasteiger partial charge on any atom is -0.398 e. The molecule has 8 heavy (non-hydrogen) atoms. The van der Waals surface area contributed by atoms with E-state index in [1.54, 1.807) is 12.3 Å². The lowest BCUT2D eigenvalue weighted by molar-refractivity contribution is 0.559. The van der Waals surface area contributed by atoms with Crippen molar-refractivity contribution in [2.45, 2.75) is 0 Å². The summed E-state index contributed by atoms with van der Waals surface area (Å²) in [5.41, 5.74) is 6.07. The van der Waals surface area contributed by atoms with Crippen LogP contribution in [-0.4, -0.2) is 19.0 Å². The van der Waals surface area contributed by atoms with E-state index in [0.29, 0.717) is 5.70 Å². The van der Waals surface area contributed by atoms with Crippen LogP contribution < -0.4 is 5.73 Å². The molecule has 0 amide bonds. The highest BCUT2D eigenvalue weighted by Crippen LogP contribution is 1.84. The molecule has 2 N–H and O–H groups in total. The minimum atomic E-state index is 0.690. The van der Waals surface area contributed by atoms with Gasteiger partial charge in [0.1, 0.15) is 0 Å². The molecule has 0 aliphatic heterocycles. The average molecular weight is 112 g/mol. The van der Waals surface area contributed by atoms with Crippen LogP contribution in [0.4, 0.5) is 0 Å². The highest BCUT2D eigenvalue weighted by Gasteiger charge is 1.78. The van der Waals surface area contributed by atoms with E-state index >= 15 is 0 Å². The van der Waals surface area contributed by atoms with E-state index in [2.05, 4.69) is 6.58 Å². The van der Waals surface area contributed by atoms with Gasteiger partial charge in [0.25, 0.3) is 0 Å². The number of allylic oxidation sites excluding steroid dienone is 1. The molecule has 0 aromatic heterocycles. The Bertz CT molecular complexity index is 103. The van der Waals surface area contributed by atoms with Crippen LogP contribution in [0.5, 0.6) is 0 Å². The summed E-state index contributed by atoms with van der Waals surface area (Å²) in [6, 6.07) is 0. The summed E-state index contributed by atoms with van der Waals surface area (Å²) < 4.78 is 0. The lowest BCUT2D eigenvalue weighted by Gasteiger charge is -2.03. The Balaban J connectivity index is 3.74. The number of hydrogen-bond donors (Lipinski definition) is 1. The van der Waals surface area contributed by atoms with Crippen LogP contribution in [0, 0.1) is 0 Å². The van der Waals surface area contributed by atoms with Crippen LogP contribution in [0.3, 0.4) is 0 Å². The summed E-state index contributed by atoms with van der Waals surface area (Å²) >= 11 is 0. The molecule has 0 unspecified atom stereocenters. The van der Waals surface area contributed by atoms with Gasteiger partial charge in [-0.25, -0.2) is 0 Å². The number of nitrogens with two attached hydrogens (primary N) is 1. The van der Waals surface area contributed by atoms with Crippen LogP contribution in [0.2, 0.25) is 0 Å². The van der Waals surface area contributed by atoms with E-state index in [0.717, 1.165) is 0 Å². The first kappa shape index (κ1) is 7.08. The van der Waals surface area contributed by atoms with Crippen LogP contribution in [0.15, 0.2) is 24.6 Å². The predicted molar refractivity (Wildman–Crippen MR) is 36.2 cm³/mol. The van der Waals surface area contributed by atoms with E-state index in [-0.39, 0.29) is 0 Å². The maximum atomic E-state index is 5.38. The molecule has 2 nitrogen and oxygen atoms in total. The van der Waals surface area contributed by atoms with Gasteiger partial charge in [0.15, 0.2) is 0 Å². The van der Waals surface area contributed by atoms with E-state index < -0.39 is 0 Å². The molecule has 0 aliphatic carbocycles. The SMILES string of the molecule is C=C/C(N)=C\N(C)C. The first-order valence-electron chi connectivity index (χ1n) is 2.43. The van der Waals surface area contributed by atoms with Gasteiger partial charge in [-0.3, -0.25) is 0 Å². The van der Waals surface area contributed by atoms with Crippen molar-refractivity contribution in [3.8, 4) is 0 Å². The van der Waals surface area contributed by atoms with Crippen molar-refractivity contribution in [3.05, 3.63) is 24.6 Å². The highest BCUT2D eigenvalue weighted by molar-refractivity contribution is 5.09. The number of rotatable bonds is 2. The van der Waals surface area contributed by atoms with Crippen molar-refractivity contribution >= 4 is 0 Å². The fourth-order valence-electron chi connectivity index (χ4n) is 0.351. The topological polar surface area (TPSA) is 29.3 Å². The Labute approximate surface area is 50.3 Å². The quantitative estimate of drug-likeness (QED) is 0.528. The van der Waals surface area contributed by atoms with Gasteiger partial charge in [-0.1, -0.05) is 6.58 Å². The summed E-state index contributed by atoms with van der Waals surface area (Å²) in [7, 11) is 3.83. The molecule has 2 heteroatoms. The third-order valence-corrected chi connectivity index (χ3v) is 0.643. The Morgan fingerprint density at radius 3 is 2.25 bits per heavy atom. The molecule has 0 spiro atoms. The molecule has 0 rings (SSSR count). The van der Waals surface area contributed by atoms with Gasteiger partial charge in [-0.05, 0) is 6.08 Å². The molecule has 0 fully saturated rings. The molecule has 0 aromatic carbocycles. The molecule has 0 aliphatic rings. The van der Waals surface area contributed by atoms with Gasteiger partial charge in [-0.2, -0.15) is 0 Å². The highest BCUT2D eigenvalue weighted by atomic mass is 15.0. The zero-order valence-corrected chi connectivity index (χ0v) is 5.39. The van der Waals surface area contributed by atoms with E-state index in [9.17, 15) is 0 Å². The summed E-state index contributed by atoms with van der Waals surface area (Å²) in [5, 5.41) is 0. The van der Waals surface area contributed by atoms with Crippen molar-refractivity contribution in [1.29, 1.82) is 0 Å². The standard InChI is InChI=1S/C6H12N2/c1-4-6(7)5-8(2)3/h4-5H,1,7H2,2-3H3/b6-5+. The molecule has 0 aromatic rings. The normalized spacial score (nSPS) is 11.0. The second kappa shape index (κ2) is 3.13. The van der Waals surface area contributed by atoms with E-state index in [1.165, 1.54) is 0 Å². The van der Waals surface area contributed by atoms with Gasteiger partial charge in [0.2, 0.25) is 0 Å². The molecule has 0 heterocycles. The first-order valence-corrected chi connectivity index (χ1v) is 2.43.